The minimum absolute atomic E-state index is 0.225. The Kier molecular flexibility index (Phi) is 3.83. The van der Waals surface area contributed by atoms with Gasteiger partial charge in [-0.1, -0.05) is 24.3 Å². The van der Waals surface area contributed by atoms with Crippen molar-refractivity contribution in [2.24, 2.45) is 0 Å². The van der Waals surface area contributed by atoms with Crippen molar-refractivity contribution in [2.75, 3.05) is 11.9 Å². The maximum Gasteiger partial charge on any atom is 0.257 e. The Morgan fingerprint density at radius 1 is 1.10 bits per heavy atom. The molecule has 0 aromatic heterocycles. The largest absolute Gasteiger partial charge is 0.493 e. The number of nitrogens with one attached hydrogen (secondary N) is 2. The highest BCUT2D eigenvalue weighted by atomic mass is 32.1. The first kappa shape index (κ1) is 13.6. The zero-order valence-electron chi connectivity index (χ0n) is 11.3. The molecule has 0 saturated heterocycles. The van der Waals surface area contributed by atoms with Crippen molar-refractivity contribution in [1.29, 1.82) is 0 Å². The summed E-state index contributed by atoms with van der Waals surface area (Å²) < 4.78 is 5.50. The summed E-state index contributed by atoms with van der Waals surface area (Å²) >= 11 is 5.20. The van der Waals surface area contributed by atoms with Crippen LogP contribution in [0.4, 0.5) is 5.69 Å². The Hall–Kier alpha value is -2.40. The number of amides is 1. The summed E-state index contributed by atoms with van der Waals surface area (Å²) in [6.45, 7) is 0.678. The Bertz CT molecular complexity index is 686. The standard InChI is InChI=1S/C16H14N2O2S/c19-15(11-5-2-1-3-6-11)18-16(21)17-13-7-4-8-14-12(13)9-10-20-14/h1-8H,9-10H2,(H2,17,18,19,21). The van der Waals surface area contributed by atoms with Gasteiger partial charge in [-0.3, -0.25) is 10.1 Å². The highest BCUT2D eigenvalue weighted by Gasteiger charge is 2.16. The third kappa shape index (κ3) is 3.03. The molecule has 21 heavy (non-hydrogen) atoms. The molecule has 0 bridgehead atoms. The second-order valence-electron chi connectivity index (χ2n) is 4.65. The number of carbonyl (C=O) groups excluding carboxylic acids is 1. The number of ether oxygens (including phenoxy) is 1. The second-order valence-corrected chi connectivity index (χ2v) is 5.06. The van der Waals surface area contributed by atoms with E-state index in [0.717, 1.165) is 23.4 Å². The summed E-state index contributed by atoms with van der Waals surface area (Å²) in [5.41, 5.74) is 2.54. The van der Waals surface area contributed by atoms with Gasteiger partial charge in [-0.15, -0.1) is 0 Å². The van der Waals surface area contributed by atoms with Crippen molar-refractivity contribution in [1.82, 2.24) is 5.32 Å². The molecule has 106 valence electrons. The molecule has 0 aliphatic carbocycles. The third-order valence-corrected chi connectivity index (χ3v) is 3.46. The minimum atomic E-state index is -0.225. The van der Waals surface area contributed by atoms with E-state index in [4.69, 9.17) is 17.0 Å². The first-order valence-corrected chi connectivity index (χ1v) is 7.07. The van der Waals surface area contributed by atoms with Crippen LogP contribution in [0.1, 0.15) is 15.9 Å². The van der Waals surface area contributed by atoms with Crippen molar-refractivity contribution < 1.29 is 9.53 Å². The molecule has 1 heterocycles. The van der Waals surface area contributed by atoms with Crippen molar-refractivity contribution in [3.8, 4) is 5.75 Å². The van der Waals surface area contributed by atoms with E-state index >= 15 is 0 Å². The number of hydrogen-bond donors (Lipinski definition) is 2. The van der Waals surface area contributed by atoms with Gasteiger partial charge < -0.3 is 10.1 Å². The van der Waals surface area contributed by atoms with E-state index in [2.05, 4.69) is 10.6 Å². The maximum atomic E-state index is 12.0. The molecule has 5 heteroatoms. The number of anilines is 1. The van der Waals surface area contributed by atoms with Gasteiger partial charge in [0.15, 0.2) is 5.11 Å². The van der Waals surface area contributed by atoms with E-state index in [1.165, 1.54) is 0 Å². The Morgan fingerprint density at radius 3 is 2.71 bits per heavy atom. The molecule has 3 rings (SSSR count). The second kappa shape index (κ2) is 5.93. The van der Waals surface area contributed by atoms with Gasteiger partial charge in [0.2, 0.25) is 0 Å². The lowest BCUT2D eigenvalue weighted by Crippen LogP contribution is -2.34. The van der Waals surface area contributed by atoms with Crippen molar-refractivity contribution >= 4 is 28.9 Å². The molecule has 0 unspecified atom stereocenters. The molecular weight excluding hydrogens is 284 g/mol. The minimum Gasteiger partial charge on any atom is -0.493 e. The monoisotopic (exact) mass is 298 g/mol. The Balaban J connectivity index is 1.68. The highest BCUT2D eigenvalue weighted by molar-refractivity contribution is 7.80. The molecule has 4 nitrogen and oxygen atoms in total. The van der Waals surface area contributed by atoms with Gasteiger partial charge in [0.1, 0.15) is 5.75 Å². The fraction of sp³-hybridized carbons (Fsp3) is 0.125. The molecule has 0 fully saturated rings. The number of thiocarbonyl (C=S) groups is 1. The smallest absolute Gasteiger partial charge is 0.257 e. The highest BCUT2D eigenvalue weighted by Crippen LogP contribution is 2.31. The van der Waals surface area contributed by atoms with Crippen LogP contribution >= 0.6 is 12.2 Å². The van der Waals surface area contributed by atoms with Crippen LogP contribution in [-0.2, 0) is 6.42 Å². The van der Waals surface area contributed by atoms with Gasteiger partial charge in [0.05, 0.1) is 6.61 Å². The van der Waals surface area contributed by atoms with Crippen molar-refractivity contribution in [2.45, 2.75) is 6.42 Å². The molecule has 0 spiro atoms. The first-order valence-electron chi connectivity index (χ1n) is 6.66. The predicted octanol–water partition coefficient (Wildman–Crippen LogP) is 2.75. The van der Waals surface area contributed by atoms with Crippen LogP contribution in [0.2, 0.25) is 0 Å². The fourth-order valence-electron chi connectivity index (χ4n) is 2.26. The number of hydrogen-bond acceptors (Lipinski definition) is 3. The molecular formula is C16H14N2O2S. The van der Waals surface area contributed by atoms with Gasteiger partial charge >= 0.3 is 0 Å². The summed E-state index contributed by atoms with van der Waals surface area (Å²) in [7, 11) is 0. The molecule has 2 aromatic rings. The van der Waals surface area contributed by atoms with Crippen LogP contribution in [0.3, 0.4) is 0 Å². The fourth-order valence-corrected chi connectivity index (χ4v) is 2.46. The van der Waals surface area contributed by atoms with Crippen LogP contribution in [0.25, 0.3) is 0 Å². The molecule has 0 saturated carbocycles. The number of benzene rings is 2. The zero-order valence-corrected chi connectivity index (χ0v) is 12.1. The van der Waals surface area contributed by atoms with E-state index in [9.17, 15) is 4.79 Å². The molecule has 1 aliphatic rings. The van der Waals surface area contributed by atoms with Gasteiger partial charge in [-0.2, -0.15) is 0 Å². The average molecular weight is 298 g/mol. The van der Waals surface area contributed by atoms with Gasteiger partial charge in [0, 0.05) is 23.2 Å². The van der Waals surface area contributed by atoms with E-state index in [1.54, 1.807) is 12.1 Å². The summed E-state index contributed by atoms with van der Waals surface area (Å²) in [6.07, 6.45) is 0.841. The lowest BCUT2D eigenvalue weighted by atomic mass is 10.1. The number of rotatable bonds is 2. The lowest BCUT2D eigenvalue weighted by molar-refractivity contribution is 0.0977. The molecule has 1 aliphatic heterocycles. The number of fused-ring (bicyclic) bond motifs is 1. The van der Waals surface area contributed by atoms with Crippen LogP contribution in [-0.4, -0.2) is 17.6 Å². The van der Waals surface area contributed by atoms with Gasteiger partial charge in [-0.25, -0.2) is 0 Å². The molecule has 1 amide bonds. The average Bonchev–Trinajstić information content (AvgIpc) is 2.97. The van der Waals surface area contributed by atoms with E-state index in [1.807, 2.05) is 36.4 Å². The molecule has 2 N–H and O–H groups in total. The quantitative estimate of drug-likeness (QED) is 0.837. The van der Waals surface area contributed by atoms with Gasteiger partial charge in [-0.05, 0) is 36.5 Å². The Labute approximate surface area is 128 Å². The summed E-state index contributed by atoms with van der Waals surface area (Å²) in [4.78, 5) is 12.0. The zero-order chi connectivity index (χ0) is 14.7. The van der Waals surface area contributed by atoms with Crippen LogP contribution in [0, 0.1) is 0 Å². The van der Waals surface area contributed by atoms with E-state index in [0.29, 0.717) is 12.2 Å². The van der Waals surface area contributed by atoms with Crippen molar-refractivity contribution in [3.05, 3.63) is 59.7 Å². The van der Waals surface area contributed by atoms with Crippen LogP contribution in [0.5, 0.6) is 5.75 Å². The van der Waals surface area contributed by atoms with E-state index in [-0.39, 0.29) is 11.0 Å². The summed E-state index contributed by atoms with van der Waals surface area (Å²) in [5, 5.41) is 6.02. The lowest BCUT2D eigenvalue weighted by Gasteiger charge is -2.12. The molecule has 0 atom stereocenters. The Morgan fingerprint density at radius 2 is 1.90 bits per heavy atom. The first-order chi connectivity index (χ1) is 10.2. The summed E-state index contributed by atoms with van der Waals surface area (Å²) in [5.74, 6) is 0.647. The maximum absolute atomic E-state index is 12.0. The topological polar surface area (TPSA) is 50.4 Å². The number of carbonyl (C=O) groups is 1. The third-order valence-electron chi connectivity index (χ3n) is 3.25. The molecule has 2 aromatic carbocycles. The molecule has 0 radical (unpaired) electrons. The van der Waals surface area contributed by atoms with Crippen molar-refractivity contribution in [3.63, 3.8) is 0 Å². The SMILES string of the molecule is O=C(NC(=S)Nc1cccc2c1CCO2)c1ccccc1. The summed E-state index contributed by atoms with van der Waals surface area (Å²) in [6, 6.07) is 14.7. The van der Waals surface area contributed by atoms with Crippen LogP contribution < -0.4 is 15.4 Å². The normalized spacial score (nSPS) is 12.2. The predicted molar refractivity (Wildman–Crippen MR) is 85.8 cm³/mol. The van der Waals surface area contributed by atoms with E-state index < -0.39 is 0 Å². The van der Waals surface area contributed by atoms with Gasteiger partial charge in [0.25, 0.3) is 5.91 Å². The van der Waals surface area contributed by atoms with Crippen LogP contribution in [0.15, 0.2) is 48.5 Å².